The summed E-state index contributed by atoms with van der Waals surface area (Å²) in [5, 5.41) is 0. The molecule has 1 amide bonds. The van der Waals surface area contributed by atoms with Gasteiger partial charge in [-0.1, -0.05) is 41.2 Å². The third-order valence-corrected chi connectivity index (χ3v) is 8.74. The Morgan fingerprint density at radius 3 is 2.42 bits per heavy atom. The zero-order chi connectivity index (χ0) is 23.6. The highest BCUT2D eigenvalue weighted by atomic mass is 32.2. The lowest BCUT2D eigenvalue weighted by Crippen LogP contribution is -2.40. The van der Waals surface area contributed by atoms with Crippen molar-refractivity contribution < 1.29 is 22.7 Å². The summed E-state index contributed by atoms with van der Waals surface area (Å²) >= 11 is 1.33. The number of carbonyl (C=O) groups is 2. The number of aryl methyl sites for hydroxylation is 1. The van der Waals surface area contributed by atoms with E-state index in [9.17, 15) is 18.0 Å². The van der Waals surface area contributed by atoms with Gasteiger partial charge in [0.25, 0.3) is 5.91 Å². The van der Waals surface area contributed by atoms with Crippen LogP contribution < -0.4 is 4.80 Å². The Morgan fingerprint density at radius 1 is 1.09 bits per heavy atom. The standard InChI is InChI=1S/C23H25N3O5S2/c1-16-7-9-18(10-8-16)33(29,30)25-13-11-17(12-14-25)22(28)24-23-26(15-21(27)31-2)19-5-3-4-6-20(19)32-23/h3-10,17H,11-15H2,1-2H3. The molecule has 33 heavy (non-hydrogen) atoms. The zero-order valence-corrected chi connectivity index (χ0v) is 20.1. The molecule has 2 heterocycles. The molecule has 1 aromatic heterocycles. The maximum atomic E-state index is 13.0. The van der Waals surface area contributed by atoms with Crippen LogP contribution in [-0.4, -0.2) is 49.4 Å². The molecule has 0 bridgehead atoms. The number of benzene rings is 2. The van der Waals surface area contributed by atoms with Gasteiger partial charge in [-0.3, -0.25) is 9.59 Å². The van der Waals surface area contributed by atoms with E-state index in [0.717, 1.165) is 15.8 Å². The fraction of sp³-hybridized carbons (Fsp3) is 0.348. The maximum Gasteiger partial charge on any atom is 0.325 e. The molecule has 0 unspecified atom stereocenters. The van der Waals surface area contributed by atoms with E-state index in [1.807, 2.05) is 31.2 Å². The van der Waals surface area contributed by atoms with E-state index < -0.39 is 16.0 Å². The summed E-state index contributed by atoms with van der Waals surface area (Å²) in [6.45, 7) is 2.38. The highest BCUT2D eigenvalue weighted by molar-refractivity contribution is 7.89. The first-order chi connectivity index (χ1) is 15.8. The van der Waals surface area contributed by atoms with E-state index in [-0.39, 0.29) is 36.4 Å². The maximum absolute atomic E-state index is 13.0. The smallest absolute Gasteiger partial charge is 0.325 e. The van der Waals surface area contributed by atoms with E-state index >= 15 is 0 Å². The second-order valence-electron chi connectivity index (χ2n) is 7.96. The van der Waals surface area contributed by atoms with Gasteiger partial charge in [-0.2, -0.15) is 9.30 Å². The molecule has 0 atom stereocenters. The van der Waals surface area contributed by atoms with Gasteiger partial charge < -0.3 is 9.30 Å². The van der Waals surface area contributed by atoms with Crippen LogP contribution in [0.15, 0.2) is 58.4 Å². The molecule has 10 heteroatoms. The molecule has 8 nitrogen and oxygen atoms in total. The minimum absolute atomic E-state index is 0.0418. The molecular weight excluding hydrogens is 462 g/mol. The SMILES string of the molecule is COC(=O)Cn1c(=NC(=O)C2CCN(S(=O)(=O)c3ccc(C)cc3)CC2)sc2ccccc21. The summed E-state index contributed by atoms with van der Waals surface area (Å²) in [6, 6.07) is 14.3. The largest absolute Gasteiger partial charge is 0.468 e. The van der Waals surface area contributed by atoms with Crippen molar-refractivity contribution in [2.75, 3.05) is 20.2 Å². The van der Waals surface area contributed by atoms with E-state index in [4.69, 9.17) is 4.74 Å². The molecule has 1 aliphatic heterocycles. The molecule has 2 aromatic carbocycles. The molecule has 174 valence electrons. The first-order valence-corrected chi connectivity index (χ1v) is 12.9. The lowest BCUT2D eigenvalue weighted by Gasteiger charge is -2.29. The van der Waals surface area contributed by atoms with Crippen molar-refractivity contribution in [2.24, 2.45) is 10.9 Å². The number of carbonyl (C=O) groups excluding carboxylic acids is 2. The van der Waals surface area contributed by atoms with Gasteiger partial charge >= 0.3 is 5.97 Å². The van der Waals surface area contributed by atoms with Crippen molar-refractivity contribution in [3.05, 3.63) is 58.9 Å². The minimum atomic E-state index is -3.59. The van der Waals surface area contributed by atoms with Crippen molar-refractivity contribution in [3.63, 3.8) is 0 Å². The molecule has 1 fully saturated rings. The number of methoxy groups -OCH3 is 1. The average Bonchev–Trinajstić information content (AvgIpc) is 3.16. The van der Waals surface area contributed by atoms with Crippen molar-refractivity contribution >= 4 is 43.5 Å². The molecule has 0 spiro atoms. The summed E-state index contributed by atoms with van der Waals surface area (Å²) in [7, 11) is -2.27. The number of para-hydroxylation sites is 1. The Labute approximate surface area is 196 Å². The van der Waals surface area contributed by atoms with Gasteiger partial charge in [-0.25, -0.2) is 8.42 Å². The van der Waals surface area contributed by atoms with Gasteiger partial charge in [0.1, 0.15) is 6.54 Å². The summed E-state index contributed by atoms with van der Waals surface area (Å²) in [5.74, 6) is -1.10. The lowest BCUT2D eigenvalue weighted by atomic mass is 9.98. The topological polar surface area (TPSA) is 98.0 Å². The molecular formula is C23H25N3O5S2. The van der Waals surface area contributed by atoms with Crippen molar-refractivity contribution in [1.29, 1.82) is 0 Å². The Balaban J connectivity index is 1.53. The third kappa shape index (κ3) is 4.92. The predicted molar refractivity (Wildman–Crippen MR) is 125 cm³/mol. The molecule has 0 saturated carbocycles. The first-order valence-electron chi connectivity index (χ1n) is 10.6. The second-order valence-corrected chi connectivity index (χ2v) is 10.9. The molecule has 1 saturated heterocycles. The van der Waals surface area contributed by atoms with E-state index in [1.54, 1.807) is 28.8 Å². The molecule has 0 N–H and O–H groups in total. The zero-order valence-electron chi connectivity index (χ0n) is 18.4. The Bertz CT molecular complexity index is 1350. The molecule has 3 aromatic rings. The van der Waals surface area contributed by atoms with Crippen LogP contribution in [0.2, 0.25) is 0 Å². The lowest BCUT2D eigenvalue weighted by molar-refractivity contribution is -0.141. The van der Waals surface area contributed by atoms with E-state index in [1.165, 1.54) is 22.8 Å². The average molecular weight is 488 g/mol. The van der Waals surface area contributed by atoms with Gasteiger partial charge in [0, 0.05) is 19.0 Å². The van der Waals surface area contributed by atoms with Crippen LogP contribution in [0.3, 0.4) is 0 Å². The quantitative estimate of drug-likeness (QED) is 0.516. The summed E-state index contributed by atoms with van der Waals surface area (Å²) < 4.78 is 34.6. The number of amides is 1. The number of piperidine rings is 1. The van der Waals surface area contributed by atoms with Gasteiger partial charge in [-0.15, -0.1) is 0 Å². The number of rotatable bonds is 5. The fourth-order valence-electron chi connectivity index (χ4n) is 3.84. The number of ether oxygens (including phenoxy) is 1. The number of esters is 1. The summed E-state index contributed by atoms with van der Waals surface area (Å²) in [5.41, 5.74) is 1.80. The number of fused-ring (bicyclic) bond motifs is 1. The molecule has 0 radical (unpaired) electrons. The van der Waals surface area contributed by atoms with Crippen LogP contribution in [0.4, 0.5) is 0 Å². The van der Waals surface area contributed by atoms with Crippen LogP contribution in [-0.2, 0) is 30.9 Å². The van der Waals surface area contributed by atoms with Gasteiger partial charge in [0.05, 0.1) is 22.2 Å². The van der Waals surface area contributed by atoms with Crippen molar-refractivity contribution in [1.82, 2.24) is 8.87 Å². The molecule has 4 rings (SSSR count). The normalized spacial score (nSPS) is 16.2. The van der Waals surface area contributed by atoms with E-state index in [2.05, 4.69) is 4.99 Å². The summed E-state index contributed by atoms with van der Waals surface area (Å²) in [4.78, 5) is 29.9. The van der Waals surface area contributed by atoms with Crippen LogP contribution in [0, 0.1) is 12.8 Å². The van der Waals surface area contributed by atoms with Crippen LogP contribution >= 0.6 is 11.3 Å². The van der Waals surface area contributed by atoms with Crippen molar-refractivity contribution in [3.8, 4) is 0 Å². The van der Waals surface area contributed by atoms with Gasteiger partial charge in [0.2, 0.25) is 10.0 Å². The number of nitrogens with zero attached hydrogens (tertiary/aromatic N) is 3. The number of hydrogen-bond acceptors (Lipinski definition) is 6. The highest BCUT2D eigenvalue weighted by Gasteiger charge is 2.32. The van der Waals surface area contributed by atoms with Crippen LogP contribution in [0.5, 0.6) is 0 Å². The Morgan fingerprint density at radius 2 is 1.76 bits per heavy atom. The first kappa shape index (κ1) is 23.3. The monoisotopic (exact) mass is 487 g/mol. The number of aromatic nitrogens is 1. The van der Waals surface area contributed by atoms with Crippen molar-refractivity contribution in [2.45, 2.75) is 31.2 Å². The van der Waals surface area contributed by atoms with Crippen LogP contribution in [0.25, 0.3) is 10.2 Å². The van der Waals surface area contributed by atoms with E-state index in [0.29, 0.717) is 17.6 Å². The van der Waals surface area contributed by atoms with Gasteiger partial charge in [-0.05, 0) is 44.0 Å². The number of sulfonamides is 1. The molecule has 1 aliphatic rings. The predicted octanol–water partition coefficient (Wildman–Crippen LogP) is 2.71. The Hall–Kier alpha value is -2.82. The van der Waals surface area contributed by atoms with Crippen LogP contribution in [0.1, 0.15) is 18.4 Å². The van der Waals surface area contributed by atoms with Gasteiger partial charge in [0.15, 0.2) is 4.80 Å². The summed E-state index contributed by atoms with van der Waals surface area (Å²) in [6.07, 6.45) is 0.796. The highest BCUT2D eigenvalue weighted by Crippen LogP contribution is 2.25. The minimum Gasteiger partial charge on any atom is -0.468 e. The number of thiazole rings is 1. The number of hydrogen-bond donors (Lipinski definition) is 0. The fourth-order valence-corrected chi connectivity index (χ4v) is 6.35. The Kier molecular flexibility index (Phi) is 6.78. The second kappa shape index (κ2) is 9.58. The third-order valence-electron chi connectivity index (χ3n) is 5.77. The molecule has 0 aliphatic carbocycles.